The summed E-state index contributed by atoms with van der Waals surface area (Å²) in [7, 11) is 0. The van der Waals surface area contributed by atoms with E-state index in [1.54, 1.807) is 6.07 Å². The van der Waals surface area contributed by atoms with Gasteiger partial charge >= 0.3 is 6.18 Å². The SMILES string of the molecule is CC(C)(C)Nc1ccc(Br)c(C(F)(F)F)c1. The highest BCUT2D eigenvalue weighted by Crippen LogP contribution is 2.36. The molecule has 0 heterocycles. The predicted octanol–water partition coefficient (Wildman–Crippen LogP) is 4.68. The molecule has 1 aromatic rings. The van der Waals surface area contributed by atoms with Gasteiger partial charge in [-0.25, -0.2) is 0 Å². The van der Waals surface area contributed by atoms with Crippen molar-refractivity contribution in [3.63, 3.8) is 0 Å². The van der Waals surface area contributed by atoms with Gasteiger partial charge in [-0.1, -0.05) is 15.9 Å². The van der Waals surface area contributed by atoms with Gasteiger partial charge in [0.25, 0.3) is 0 Å². The molecule has 1 aromatic carbocycles. The number of anilines is 1. The van der Waals surface area contributed by atoms with Gasteiger partial charge in [0.2, 0.25) is 0 Å². The summed E-state index contributed by atoms with van der Waals surface area (Å²) in [6.07, 6.45) is -4.34. The van der Waals surface area contributed by atoms with Crippen LogP contribution in [0.5, 0.6) is 0 Å². The first-order valence-electron chi connectivity index (χ1n) is 4.74. The molecule has 0 aliphatic heterocycles. The highest BCUT2D eigenvalue weighted by molar-refractivity contribution is 9.10. The Morgan fingerprint density at radius 1 is 1.12 bits per heavy atom. The maximum absolute atomic E-state index is 12.6. The van der Waals surface area contributed by atoms with E-state index in [0.717, 1.165) is 6.07 Å². The topological polar surface area (TPSA) is 12.0 Å². The highest BCUT2D eigenvalue weighted by atomic mass is 79.9. The van der Waals surface area contributed by atoms with E-state index in [4.69, 9.17) is 0 Å². The van der Waals surface area contributed by atoms with E-state index >= 15 is 0 Å². The van der Waals surface area contributed by atoms with Crippen molar-refractivity contribution in [3.05, 3.63) is 28.2 Å². The van der Waals surface area contributed by atoms with Crippen LogP contribution in [0.25, 0.3) is 0 Å². The van der Waals surface area contributed by atoms with E-state index < -0.39 is 11.7 Å². The Bertz CT molecular complexity index is 380. The molecule has 90 valence electrons. The van der Waals surface area contributed by atoms with Crippen molar-refractivity contribution in [2.45, 2.75) is 32.5 Å². The minimum absolute atomic E-state index is 0.0551. The van der Waals surface area contributed by atoms with Gasteiger partial charge in [0.1, 0.15) is 0 Å². The molecule has 1 rings (SSSR count). The van der Waals surface area contributed by atoms with E-state index in [-0.39, 0.29) is 10.0 Å². The van der Waals surface area contributed by atoms with Gasteiger partial charge in [-0.05, 0) is 39.0 Å². The molecule has 0 aliphatic rings. The Balaban J connectivity index is 3.09. The summed E-state index contributed by atoms with van der Waals surface area (Å²) in [5.41, 5.74) is -0.471. The highest BCUT2D eigenvalue weighted by Gasteiger charge is 2.33. The molecule has 0 unspecified atom stereocenters. The number of halogens is 4. The average Bonchev–Trinajstić information content (AvgIpc) is 2.04. The second kappa shape index (κ2) is 4.28. The smallest absolute Gasteiger partial charge is 0.380 e. The van der Waals surface area contributed by atoms with Crippen LogP contribution in [0.2, 0.25) is 0 Å². The van der Waals surface area contributed by atoms with Crippen LogP contribution in [0.3, 0.4) is 0 Å². The molecule has 16 heavy (non-hydrogen) atoms. The summed E-state index contributed by atoms with van der Waals surface area (Å²) in [5, 5.41) is 3.00. The first-order chi connectivity index (χ1) is 7.09. The molecule has 0 saturated heterocycles. The zero-order valence-electron chi connectivity index (χ0n) is 9.24. The van der Waals surface area contributed by atoms with E-state index in [1.807, 2.05) is 20.8 Å². The lowest BCUT2D eigenvalue weighted by Crippen LogP contribution is -2.26. The fourth-order valence-corrected chi connectivity index (χ4v) is 1.72. The van der Waals surface area contributed by atoms with Crippen molar-refractivity contribution in [2.24, 2.45) is 0 Å². The lowest BCUT2D eigenvalue weighted by molar-refractivity contribution is -0.138. The maximum Gasteiger partial charge on any atom is 0.417 e. The third kappa shape index (κ3) is 3.70. The molecule has 0 spiro atoms. The van der Waals surface area contributed by atoms with E-state index in [0.29, 0.717) is 5.69 Å². The fraction of sp³-hybridized carbons (Fsp3) is 0.455. The second-order valence-electron chi connectivity index (χ2n) is 4.57. The van der Waals surface area contributed by atoms with Gasteiger partial charge in [-0.15, -0.1) is 0 Å². The summed E-state index contributed by atoms with van der Waals surface area (Å²) in [6, 6.07) is 4.12. The number of nitrogens with one attached hydrogen (secondary N) is 1. The third-order valence-corrected chi connectivity index (χ3v) is 2.48. The molecule has 0 bridgehead atoms. The summed E-state index contributed by atoms with van der Waals surface area (Å²) in [5.74, 6) is 0. The minimum atomic E-state index is -4.34. The van der Waals surface area contributed by atoms with E-state index in [9.17, 15) is 13.2 Å². The molecule has 0 aromatic heterocycles. The largest absolute Gasteiger partial charge is 0.417 e. The summed E-state index contributed by atoms with van der Waals surface area (Å²) in [4.78, 5) is 0. The Kier molecular flexibility index (Phi) is 3.57. The first kappa shape index (κ1) is 13.4. The van der Waals surface area contributed by atoms with Crippen LogP contribution in [0.4, 0.5) is 18.9 Å². The number of alkyl halides is 3. The van der Waals surface area contributed by atoms with Crippen LogP contribution in [-0.4, -0.2) is 5.54 Å². The summed E-state index contributed by atoms with van der Waals surface area (Å²) >= 11 is 2.90. The molecule has 0 radical (unpaired) electrons. The minimum Gasteiger partial charge on any atom is -0.380 e. The van der Waals surface area contributed by atoms with Crippen LogP contribution in [0.1, 0.15) is 26.3 Å². The van der Waals surface area contributed by atoms with Crippen molar-refractivity contribution < 1.29 is 13.2 Å². The van der Waals surface area contributed by atoms with Gasteiger partial charge in [0, 0.05) is 15.7 Å². The average molecular weight is 296 g/mol. The van der Waals surface area contributed by atoms with E-state index in [1.165, 1.54) is 6.07 Å². The van der Waals surface area contributed by atoms with Crippen LogP contribution in [0.15, 0.2) is 22.7 Å². The number of benzene rings is 1. The standard InChI is InChI=1S/C11H13BrF3N/c1-10(2,3)16-7-4-5-9(12)8(6-7)11(13,14)15/h4-6,16H,1-3H3. The Labute approximate surface area is 101 Å². The van der Waals surface area contributed by atoms with Crippen molar-refractivity contribution in [2.75, 3.05) is 5.32 Å². The molecule has 0 amide bonds. The molecule has 0 fully saturated rings. The van der Waals surface area contributed by atoms with Crippen LogP contribution < -0.4 is 5.32 Å². The zero-order chi connectivity index (χ0) is 12.6. The molecule has 0 saturated carbocycles. The Morgan fingerprint density at radius 3 is 2.12 bits per heavy atom. The van der Waals surface area contributed by atoms with Gasteiger partial charge in [0.15, 0.2) is 0 Å². The Hall–Kier alpha value is -0.710. The number of hydrogen-bond donors (Lipinski definition) is 1. The first-order valence-corrected chi connectivity index (χ1v) is 5.54. The number of rotatable bonds is 1. The lowest BCUT2D eigenvalue weighted by atomic mass is 10.1. The molecule has 1 N–H and O–H groups in total. The van der Waals surface area contributed by atoms with Crippen molar-refractivity contribution in [1.29, 1.82) is 0 Å². The van der Waals surface area contributed by atoms with Gasteiger partial charge in [-0.3, -0.25) is 0 Å². The maximum atomic E-state index is 12.6. The third-order valence-electron chi connectivity index (χ3n) is 1.79. The lowest BCUT2D eigenvalue weighted by Gasteiger charge is -2.23. The van der Waals surface area contributed by atoms with Crippen LogP contribution in [0, 0.1) is 0 Å². The molecular weight excluding hydrogens is 283 g/mol. The molecular formula is C11H13BrF3N. The summed E-state index contributed by atoms with van der Waals surface area (Å²) < 4.78 is 37.9. The molecule has 0 atom stereocenters. The zero-order valence-corrected chi connectivity index (χ0v) is 10.8. The van der Waals surface area contributed by atoms with Gasteiger partial charge in [0.05, 0.1) is 5.56 Å². The number of hydrogen-bond acceptors (Lipinski definition) is 1. The van der Waals surface area contributed by atoms with Crippen LogP contribution >= 0.6 is 15.9 Å². The monoisotopic (exact) mass is 295 g/mol. The van der Waals surface area contributed by atoms with Crippen LogP contribution in [-0.2, 0) is 6.18 Å². The van der Waals surface area contributed by atoms with Gasteiger partial charge < -0.3 is 5.32 Å². The predicted molar refractivity (Wildman–Crippen MR) is 62.5 cm³/mol. The van der Waals surface area contributed by atoms with Crippen molar-refractivity contribution in [3.8, 4) is 0 Å². The van der Waals surface area contributed by atoms with Crippen molar-refractivity contribution in [1.82, 2.24) is 0 Å². The summed E-state index contributed by atoms with van der Waals surface area (Å²) in [6.45, 7) is 5.67. The molecule has 5 heteroatoms. The fourth-order valence-electron chi connectivity index (χ4n) is 1.25. The Morgan fingerprint density at radius 2 is 1.69 bits per heavy atom. The quantitative estimate of drug-likeness (QED) is 0.793. The van der Waals surface area contributed by atoms with E-state index in [2.05, 4.69) is 21.2 Å². The normalized spacial score (nSPS) is 12.7. The van der Waals surface area contributed by atoms with Gasteiger partial charge in [-0.2, -0.15) is 13.2 Å². The molecule has 0 aliphatic carbocycles. The molecule has 1 nitrogen and oxygen atoms in total. The second-order valence-corrected chi connectivity index (χ2v) is 5.42. The van der Waals surface area contributed by atoms with Crippen molar-refractivity contribution >= 4 is 21.6 Å².